The van der Waals surface area contributed by atoms with Crippen LogP contribution in [-0.2, 0) is 19.1 Å². The first kappa shape index (κ1) is 24.2. The molecule has 0 aromatic rings. The maximum Gasteiger partial charge on any atom is 0.325 e. The first-order chi connectivity index (χ1) is 13.1. The molecule has 0 N–H and O–H groups in total. The average Bonchev–Trinajstić information content (AvgIpc) is 2.69. The normalized spacial score (nSPS) is 9.04. The highest BCUT2D eigenvalue weighted by atomic mass is 16.5. The smallest absolute Gasteiger partial charge is 0.325 e. The highest BCUT2D eigenvalue weighted by molar-refractivity contribution is 6.00. The highest BCUT2D eigenvalue weighted by Crippen LogP contribution is 2.29. The molecule has 0 amide bonds. The number of rotatable bonds is 8. The molecule has 0 heterocycles. The Balaban J connectivity index is 5.35. The van der Waals surface area contributed by atoms with Crippen molar-refractivity contribution in [1.82, 2.24) is 0 Å². The van der Waals surface area contributed by atoms with E-state index < -0.39 is 17.4 Å². The largest absolute Gasteiger partial charge is 0.468 e. The van der Waals surface area contributed by atoms with Crippen LogP contribution in [0.2, 0.25) is 0 Å². The number of esters is 2. The van der Waals surface area contributed by atoms with E-state index in [9.17, 15) is 9.59 Å². The number of hydrogen-bond acceptors (Lipinski definition) is 4. The molecular formula is C23H28O4. The minimum absolute atomic E-state index is 0.0766. The topological polar surface area (TPSA) is 52.6 Å². The van der Waals surface area contributed by atoms with Crippen LogP contribution >= 0.6 is 0 Å². The van der Waals surface area contributed by atoms with Crippen LogP contribution in [-0.4, -0.2) is 26.2 Å². The van der Waals surface area contributed by atoms with Gasteiger partial charge in [-0.1, -0.05) is 50.4 Å². The third-order valence-corrected chi connectivity index (χ3v) is 3.72. The van der Waals surface area contributed by atoms with Crippen LogP contribution in [0.25, 0.3) is 0 Å². The number of carbonyl (C=O) groups is 2. The quantitative estimate of drug-likeness (QED) is 0.285. The van der Waals surface area contributed by atoms with Crippen LogP contribution in [0.1, 0.15) is 65.2 Å². The highest BCUT2D eigenvalue weighted by Gasteiger charge is 2.47. The van der Waals surface area contributed by atoms with Crippen LogP contribution in [0.3, 0.4) is 0 Å². The van der Waals surface area contributed by atoms with Crippen molar-refractivity contribution in [3.63, 3.8) is 0 Å². The summed E-state index contributed by atoms with van der Waals surface area (Å²) in [5.41, 5.74) is -1.60. The van der Waals surface area contributed by atoms with Crippen molar-refractivity contribution in [3.8, 4) is 47.4 Å². The van der Waals surface area contributed by atoms with Crippen molar-refractivity contribution < 1.29 is 19.1 Å². The minimum Gasteiger partial charge on any atom is -0.468 e. The molecule has 0 bridgehead atoms. The number of unbranched alkanes of at least 4 members (excludes halogenated alkanes) is 4. The molecule has 0 aliphatic carbocycles. The van der Waals surface area contributed by atoms with Crippen molar-refractivity contribution in [2.45, 2.75) is 65.2 Å². The average molecular weight is 368 g/mol. The third-order valence-electron chi connectivity index (χ3n) is 3.72. The zero-order valence-corrected chi connectivity index (χ0v) is 16.8. The second-order valence-corrected chi connectivity index (χ2v) is 5.83. The van der Waals surface area contributed by atoms with Crippen molar-refractivity contribution in [2.24, 2.45) is 5.41 Å². The Morgan fingerprint density at radius 3 is 1.41 bits per heavy atom. The van der Waals surface area contributed by atoms with Gasteiger partial charge in [-0.05, 0) is 36.5 Å². The molecule has 27 heavy (non-hydrogen) atoms. The molecule has 0 spiro atoms. The Morgan fingerprint density at radius 2 is 1.07 bits per heavy atom. The standard InChI is InChI=1S/C23H28O4/c1-5-7-9-11-13-15-17-19-23(21(24)26-3,22(25)27-4)20-18-16-14-12-10-8-6-2/h5-10,19-20H2,1-4H3. The zero-order valence-electron chi connectivity index (χ0n) is 16.8. The van der Waals surface area contributed by atoms with Crippen molar-refractivity contribution >= 4 is 11.9 Å². The van der Waals surface area contributed by atoms with E-state index >= 15 is 0 Å². The predicted molar refractivity (Wildman–Crippen MR) is 106 cm³/mol. The van der Waals surface area contributed by atoms with Crippen molar-refractivity contribution in [2.75, 3.05) is 14.2 Å². The van der Waals surface area contributed by atoms with E-state index in [1.54, 1.807) is 0 Å². The molecule has 4 heteroatoms. The van der Waals surface area contributed by atoms with Gasteiger partial charge in [0.2, 0.25) is 0 Å². The van der Waals surface area contributed by atoms with Crippen molar-refractivity contribution in [1.29, 1.82) is 0 Å². The number of ether oxygens (including phenoxy) is 2. The summed E-state index contributed by atoms with van der Waals surface area (Å²) in [6.07, 6.45) is 5.54. The second-order valence-electron chi connectivity index (χ2n) is 5.83. The molecule has 0 radical (unpaired) electrons. The summed E-state index contributed by atoms with van der Waals surface area (Å²) in [5, 5.41) is 0. The zero-order chi connectivity index (χ0) is 20.4. The van der Waals surface area contributed by atoms with Crippen LogP contribution in [0.5, 0.6) is 0 Å². The van der Waals surface area contributed by atoms with E-state index in [4.69, 9.17) is 9.47 Å². The molecule has 0 aliphatic heterocycles. The number of carbonyl (C=O) groups excluding carboxylic acids is 2. The molecule has 144 valence electrons. The van der Waals surface area contributed by atoms with E-state index in [0.717, 1.165) is 38.5 Å². The third kappa shape index (κ3) is 9.45. The Labute approximate surface area is 163 Å². The van der Waals surface area contributed by atoms with Gasteiger partial charge in [0.05, 0.1) is 14.2 Å². The Morgan fingerprint density at radius 1 is 0.704 bits per heavy atom. The monoisotopic (exact) mass is 368 g/mol. The first-order valence-corrected chi connectivity index (χ1v) is 9.17. The molecule has 0 saturated carbocycles. The molecule has 0 fully saturated rings. The molecule has 0 atom stereocenters. The predicted octanol–water partition coefficient (Wildman–Crippen LogP) is 3.49. The van der Waals surface area contributed by atoms with Crippen LogP contribution in [0.15, 0.2) is 0 Å². The summed E-state index contributed by atoms with van der Waals surface area (Å²) in [4.78, 5) is 24.6. The van der Waals surface area contributed by atoms with Gasteiger partial charge in [0.15, 0.2) is 5.41 Å². The van der Waals surface area contributed by atoms with Crippen molar-refractivity contribution in [3.05, 3.63) is 0 Å². The molecular weight excluding hydrogens is 340 g/mol. The van der Waals surface area contributed by atoms with Gasteiger partial charge in [-0.3, -0.25) is 9.59 Å². The van der Waals surface area contributed by atoms with Gasteiger partial charge in [-0.2, -0.15) is 0 Å². The Kier molecular flexibility index (Phi) is 13.8. The van der Waals surface area contributed by atoms with Gasteiger partial charge in [-0.15, -0.1) is 0 Å². The lowest BCUT2D eigenvalue weighted by molar-refractivity contribution is -0.168. The molecule has 0 aromatic carbocycles. The van der Waals surface area contributed by atoms with E-state index in [0.29, 0.717) is 0 Å². The molecule has 0 aliphatic rings. The van der Waals surface area contributed by atoms with E-state index in [-0.39, 0.29) is 12.8 Å². The van der Waals surface area contributed by atoms with E-state index in [1.165, 1.54) is 14.2 Å². The van der Waals surface area contributed by atoms with E-state index in [1.807, 2.05) is 0 Å². The number of hydrogen-bond donors (Lipinski definition) is 0. The second kappa shape index (κ2) is 15.4. The summed E-state index contributed by atoms with van der Waals surface area (Å²) in [6, 6.07) is 0. The van der Waals surface area contributed by atoms with Gasteiger partial charge in [0.25, 0.3) is 0 Å². The van der Waals surface area contributed by atoms with Crippen LogP contribution < -0.4 is 0 Å². The summed E-state index contributed by atoms with van der Waals surface area (Å²) < 4.78 is 9.62. The SMILES string of the molecule is CCCCC#CC#CCC(CC#CC#CCCCC)(C(=O)OC)C(=O)OC. The van der Waals surface area contributed by atoms with E-state index in [2.05, 4.69) is 61.2 Å². The van der Waals surface area contributed by atoms with Gasteiger partial charge in [-0.25, -0.2) is 0 Å². The summed E-state index contributed by atoms with van der Waals surface area (Å²) in [6.45, 7) is 4.17. The fourth-order valence-electron chi connectivity index (χ4n) is 2.05. The molecule has 0 saturated heterocycles. The fourth-order valence-corrected chi connectivity index (χ4v) is 2.05. The number of methoxy groups -OCH3 is 2. The van der Waals surface area contributed by atoms with Gasteiger partial charge in [0, 0.05) is 25.7 Å². The lowest BCUT2D eigenvalue weighted by Gasteiger charge is -2.23. The van der Waals surface area contributed by atoms with Crippen LogP contribution in [0, 0.1) is 52.8 Å². The molecule has 0 aromatic heterocycles. The Bertz CT molecular complexity index is 653. The van der Waals surface area contributed by atoms with Gasteiger partial charge < -0.3 is 9.47 Å². The molecule has 4 nitrogen and oxygen atoms in total. The summed E-state index contributed by atoms with van der Waals surface area (Å²) in [7, 11) is 2.44. The summed E-state index contributed by atoms with van der Waals surface area (Å²) in [5.74, 6) is 20.8. The Hall–Kier alpha value is -2.82. The van der Waals surface area contributed by atoms with Crippen LogP contribution in [0.4, 0.5) is 0 Å². The fraction of sp³-hybridized carbons (Fsp3) is 0.565. The maximum absolute atomic E-state index is 12.3. The van der Waals surface area contributed by atoms with Gasteiger partial charge in [0.1, 0.15) is 0 Å². The first-order valence-electron chi connectivity index (χ1n) is 9.17. The minimum atomic E-state index is -1.60. The molecule has 0 rings (SSSR count). The lowest BCUT2D eigenvalue weighted by Crippen LogP contribution is -2.40. The molecule has 0 unspecified atom stereocenters. The lowest BCUT2D eigenvalue weighted by atomic mass is 9.81. The maximum atomic E-state index is 12.3. The van der Waals surface area contributed by atoms with Gasteiger partial charge >= 0.3 is 11.9 Å². The summed E-state index contributed by atoms with van der Waals surface area (Å²) >= 11 is 0.